The van der Waals surface area contributed by atoms with Crippen molar-refractivity contribution in [3.05, 3.63) is 29.8 Å². The van der Waals surface area contributed by atoms with Gasteiger partial charge in [0, 0.05) is 12.5 Å². The SMILES string of the molecule is COc1ccc(C2CCCN2C(=O)C2CCC2)cc1. The molecular formula is C16H21NO2. The van der Waals surface area contributed by atoms with E-state index in [0.29, 0.717) is 11.8 Å². The van der Waals surface area contributed by atoms with E-state index >= 15 is 0 Å². The average Bonchev–Trinajstić information content (AvgIpc) is 2.86. The van der Waals surface area contributed by atoms with Crippen LogP contribution in [0.25, 0.3) is 0 Å². The number of benzene rings is 1. The molecule has 2 fully saturated rings. The van der Waals surface area contributed by atoms with Gasteiger partial charge < -0.3 is 9.64 Å². The Bertz CT molecular complexity index is 450. The molecule has 1 amide bonds. The molecule has 1 atom stereocenters. The zero-order valence-corrected chi connectivity index (χ0v) is 11.5. The van der Waals surface area contributed by atoms with Gasteiger partial charge in [-0.2, -0.15) is 0 Å². The van der Waals surface area contributed by atoms with Crippen molar-refractivity contribution in [1.82, 2.24) is 4.90 Å². The third-order valence-electron chi connectivity index (χ3n) is 4.49. The molecule has 2 aliphatic rings. The van der Waals surface area contributed by atoms with Crippen LogP contribution in [0.2, 0.25) is 0 Å². The molecule has 1 unspecified atom stereocenters. The summed E-state index contributed by atoms with van der Waals surface area (Å²) < 4.78 is 5.19. The second-order valence-corrected chi connectivity index (χ2v) is 5.59. The summed E-state index contributed by atoms with van der Waals surface area (Å²) in [5.74, 6) is 1.56. The van der Waals surface area contributed by atoms with E-state index in [1.54, 1.807) is 7.11 Å². The minimum atomic E-state index is 0.277. The number of hydrogen-bond donors (Lipinski definition) is 0. The number of nitrogens with zero attached hydrogens (tertiary/aromatic N) is 1. The molecule has 1 aromatic rings. The lowest BCUT2D eigenvalue weighted by atomic mass is 9.84. The van der Waals surface area contributed by atoms with Crippen LogP contribution in [0.15, 0.2) is 24.3 Å². The number of hydrogen-bond acceptors (Lipinski definition) is 2. The van der Waals surface area contributed by atoms with Crippen molar-refractivity contribution in [1.29, 1.82) is 0 Å². The van der Waals surface area contributed by atoms with Crippen LogP contribution in [0.1, 0.15) is 43.7 Å². The molecule has 0 radical (unpaired) electrons. The molecule has 0 aromatic heterocycles. The second kappa shape index (κ2) is 5.24. The first-order chi connectivity index (χ1) is 9.29. The summed E-state index contributed by atoms with van der Waals surface area (Å²) in [6.07, 6.45) is 5.60. The predicted octanol–water partition coefficient (Wildman–Crippen LogP) is 3.16. The molecule has 19 heavy (non-hydrogen) atoms. The zero-order valence-electron chi connectivity index (χ0n) is 11.5. The van der Waals surface area contributed by atoms with Gasteiger partial charge in [-0.05, 0) is 43.4 Å². The second-order valence-electron chi connectivity index (χ2n) is 5.59. The Labute approximate surface area is 114 Å². The molecule has 1 saturated carbocycles. The molecule has 0 bridgehead atoms. The van der Waals surface area contributed by atoms with Gasteiger partial charge in [-0.3, -0.25) is 4.79 Å². The lowest BCUT2D eigenvalue weighted by Crippen LogP contribution is -2.38. The Morgan fingerprint density at radius 1 is 1.16 bits per heavy atom. The first kappa shape index (κ1) is 12.5. The zero-order chi connectivity index (χ0) is 13.2. The van der Waals surface area contributed by atoms with Gasteiger partial charge in [0.2, 0.25) is 5.91 Å². The topological polar surface area (TPSA) is 29.5 Å². The fourth-order valence-corrected chi connectivity index (χ4v) is 3.09. The summed E-state index contributed by atoms with van der Waals surface area (Å²) >= 11 is 0. The highest BCUT2D eigenvalue weighted by Gasteiger charge is 2.36. The highest BCUT2D eigenvalue weighted by atomic mass is 16.5. The van der Waals surface area contributed by atoms with Gasteiger partial charge in [-0.15, -0.1) is 0 Å². The number of methoxy groups -OCH3 is 1. The minimum absolute atomic E-state index is 0.277. The number of rotatable bonds is 3. The summed E-state index contributed by atoms with van der Waals surface area (Å²) in [7, 11) is 1.68. The molecule has 0 N–H and O–H groups in total. The molecule has 1 aromatic carbocycles. The van der Waals surface area contributed by atoms with E-state index in [1.807, 2.05) is 12.1 Å². The molecule has 1 saturated heterocycles. The minimum Gasteiger partial charge on any atom is -0.497 e. The highest BCUT2D eigenvalue weighted by Crippen LogP contribution is 2.37. The summed E-state index contributed by atoms with van der Waals surface area (Å²) in [4.78, 5) is 14.5. The van der Waals surface area contributed by atoms with Gasteiger partial charge in [0.25, 0.3) is 0 Å². The van der Waals surface area contributed by atoms with Crippen LogP contribution in [-0.4, -0.2) is 24.5 Å². The van der Waals surface area contributed by atoms with Gasteiger partial charge in [-0.1, -0.05) is 18.6 Å². The smallest absolute Gasteiger partial charge is 0.226 e. The van der Waals surface area contributed by atoms with Crippen molar-refractivity contribution in [3.63, 3.8) is 0 Å². The Hall–Kier alpha value is -1.51. The van der Waals surface area contributed by atoms with Crippen molar-refractivity contribution in [3.8, 4) is 5.75 Å². The largest absolute Gasteiger partial charge is 0.497 e. The number of ether oxygens (including phenoxy) is 1. The Balaban J connectivity index is 1.75. The summed E-state index contributed by atoms with van der Waals surface area (Å²) in [6, 6.07) is 8.43. The Kier molecular flexibility index (Phi) is 3.45. The Morgan fingerprint density at radius 2 is 1.89 bits per heavy atom. The molecule has 0 spiro atoms. The van der Waals surface area contributed by atoms with Crippen LogP contribution in [-0.2, 0) is 4.79 Å². The first-order valence-electron chi connectivity index (χ1n) is 7.24. The molecule has 1 heterocycles. The maximum absolute atomic E-state index is 12.4. The van der Waals surface area contributed by atoms with Gasteiger partial charge in [-0.25, -0.2) is 0 Å². The van der Waals surface area contributed by atoms with Crippen molar-refractivity contribution < 1.29 is 9.53 Å². The van der Waals surface area contributed by atoms with Crippen LogP contribution in [0.5, 0.6) is 5.75 Å². The van der Waals surface area contributed by atoms with Crippen LogP contribution in [0.4, 0.5) is 0 Å². The van der Waals surface area contributed by atoms with E-state index in [9.17, 15) is 4.79 Å². The Morgan fingerprint density at radius 3 is 2.47 bits per heavy atom. The van der Waals surface area contributed by atoms with Crippen LogP contribution < -0.4 is 4.74 Å². The average molecular weight is 259 g/mol. The van der Waals surface area contributed by atoms with Gasteiger partial charge >= 0.3 is 0 Å². The third kappa shape index (κ3) is 2.34. The standard InChI is InChI=1S/C16H21NO2/c1-19-14-9-7-12(8-10-14)15-6-3-11-17(15)16(18)13-4-2-5-13/h7-10,13,15H,2-6,11H2,1H3. The van der Waals surface area contributed by atoms with Gasteiger partial charge in [0.05, 0.1) is 13.2 Å². The van der Waals surface area contributed by atoms with Crippen LogP contribution in [0, 0.1) is 5.92 Å². The lowest BCUT2D eigenvalue weighted by molar-refractivity contribution is -0.139. The van der Waals surface area contributed by atoms with Crippen molar-refractivity contribution >= 4 is 5.91 Å². The highest BCUT2D eigenvalue weighted by molar-refractivity contribution is 5.80. The maximum atomic E-state index is 12.4. The van der Waals surface area contributed by atoms with E-state index in [2.05, 4.69) is 17.0 Å². The molecule has 1 aliphatic heterocycles. The van der Waals surface area contributed by atoms with Crippen molar-refractivity contribution in [2.24, 2.45) is 5.92 Å². The van der Waals surface area contributed by atoms with E-state index in [-0.39, 0.29) is 6.04 Å². The molecular weight excluding hydrogens is 238 g/mol. The van der Waals surface area contributed by atoms with Crippen LogP contribution in [0.3, 0.4) is 0 Å². The summed E-state index contributed by atoms with van der Waals surface area (Å²) in [5.41, 5.74) is 1.24. The van der Waals surface area contributed by atoms with E-state index in [0.717, 1.165) is 38.0 Å². The predicted molar refractivity (Wildman–Crippen MR) is 74.0 cm³/mol. The fourth-order valence-electron chi connectivity index (χ4n) is 3.09. The number of carbonyl (C=O) groups excluding carboxylic acids is 1. The molecule has 102 valence electrons. The molecule has 3 heteroatoms. The lowest BCUT2D eigenvalue weighted by Gasteiger charge is -2.33. The normalized spacial score (nSPS) is 23.2. The number of amides is 1. The third-order valence-corrected chi connectivity index (χ3v) is 4.49. The summed E-state index contributed by atoms with van der Waals surface area (Å²) in [5, 5.41) is 0. The van der Waals surface area contributed by atoms with Crippen LogP contribution >= 0.6 is 0 Å². The first-order valence-corrected chi connectivity index (χ1v) is 7.24. The number of likely N-dealkylation sites (tertiary alicyclic amines) is 1. The maximum Gasteiger partial charge on any atom is 0.226 e. The molecule has 3 nitrogen and oxygen atoms in total. The van der Waals surface area contributed by atoms with E-state index in [4.69, 9.17) is 4.74 Å². The molecule has 1 aliphatic carbocycles. The summed E-state index contributed by atoms with van der Waals surface area (Å²) in [6.45, 7) is 0.923. The quantitative estimate of drug-likeness (QED) is 0.834. The number of carbonyl (C=O) groups is 1. The van der Waals surface area contributed by atoms with Gasteiger partial charge in [0.1, 0.15) is 5.75 Å². The monoisotopic (exact) mass is 259 g/mol. The van der Waals surface area contributed by atoms with Gasteiger partial charge in [0.15, 0.2) is 0 Å². The fraction of sp³-hybridized carbons (Fsp3) is 0.562. The van der Waals surface area contributed by atoms with Crippen molar-refractivity contribution in [2.45, 2.75) is 38.1 Å². The van der Waals surface area contributed by atoms with Crippen molar-refractivity contribution in [2.75, 3.05) is 13.7 Å². The van der Waals surface area contributed by atoms with E-state index in [1.165, 1.54) is 12.0 Å². The van der Waals surface area contributed by atoms with E-state index < -0.39 is 0 Å². The molecule has 3 rings (SSSR count).